The molecule has 0 aliphatic heterocycles. The molecule has 0 fully saturated rings. The summed E-state index contributed by atoms with van der Waals surface area (Å²) in [7, 11) is -3.74. The van der Waals surface area contributed by atoms with Gasteiger partial charge < -0.3 is 0 Å². The van der Waals surface area contributed by atoms with E-state index in [9.17, 15) is 13.2 Å². The molecule has 1 aromatic heterocycles. The zero-order chi connectivity index (χ0) is 14.2. The third-order valence-corrected chi connectivity index (χ3v) is 3.60. The summed E-state index contributed by atoms with van der Waals surface area (Å²) in [6, 6.07) is 5.69. The van der Waals surface area contributed by atoms with Gasteiger partial charge in [0.2, 0.25) is 10.0 Å². The van der Waals surface area contributed by atoms with Gasteiger partial charge in [-0.2, -0.15) is 0 Å². The topological polar surface area (TPSA) is 108 Å². The van der Waals surface area contributed by atoms with Crippen molar-refractivity contribution in [2.75, 3.05) is 0 Å². The van der Waals surface area contributed by atoms with Crippen molar-refractivity contribution < 1.29 is 13.2 Å². The van der Waals surface area contributed by atoms with Crippen molar-refractivity contribution in [3.8, 4) is 5.69 Å². The second kappa shape index (κ2) is 4.72. The fraction of sp³-hybridized carbons (Fsp3) is 0.100. The Balaban J connectivity index is 2.46. The maximum absolute atomic E-state index is 11.1. The number of nitrogens with zero attached hydrogens (tertiary/aromatic N) is 3. The second-order valence-corrected chi connectivity index (χ2v) is 5.65. The van der Waals surface area contributed by atoms with Gasteiger partial charge in [0.25, 0.3) is 5.24 Å². The summed E-state index contributed by atoms with van der Waals surface area (Å²) in [6.07, 6.45) is 0. The maximum Gasteiger partial charge on any atom is 0.274 e. The van der Waals surface area contributed by atoms with E-state index in [2.05, 4.69) is 10.3 Å². The molecule has 1 aromatic carbocycles. The lowest BCUT2D eigenvalue weighted by Crippen LogP contribution is -2.12. The molecule has 0 aliphatic carbocycles. The highest BCUT2D eigenvalue weighted by Crippen LogP contribution is 2.15. The van der Waals surface area contributed by atoms with E-state index in [1.54, 1.807) is 6.92 Å². The summed E-state index contributed by atoms with van der Waals surface area (Å²) in [5.74, 6) is 0. The summed E-state index contributed by atoms with van der Waals surface area (Å²) < 4.78 is 23.6. The molecule has 0 aliphatic rings. The number of halogens is 1. The molecule has 2 rings (SSSR count). The molecule has 100 valence electrons. The predicted octanol–water partition coefficient (Wildman–Crippen LogP) is 0.602. The SMILES string of the molecule is Cc1c(C(=O)Cl)nnn1-c1ccc(S(N)(=O)=O)cc1. The molecule has 19 heavy (non-hydrogen) atoms. The van der Waals surface area contributed by atoms with Crippen LogP contribution in [0.2, 0.25) is 0 Å². The second-order valence-electron chi connectivity index (χ2n) is 3.75. The molecule has 2 N–H and O–H groups in total. The first kappa shape index (κ1) is 13.7. The highest BCUT2D eigenvalue weighted by atomic mass is 35.5. The normalized spacial score (nSPS) is 11.5. The Morgan fingerprint density at radius 3 is 2.32 bits per heavy atom. The first-order chi connectivity index (χ1) is 8.80. The van der Waals surface area contributed by atoms with Gasteiger partial charge >= 0.3 is 0 Å². The van der Waals surface area contributed by atoms with Gasteiger partial charge in [-0.3, -0.25) is 4.79 Å². The van der Waals surface area contributed by atoms with Crippen LogP contribution in [0.15, 0.2) is 29.2 Å². The molecule has 2 aromatic rings. The number of primary sulfonamides is 1. The first-order valence-electron chi connectivity index (χ1n) is 5.06. The van der Waals surface area contributed by atoms with Gasteiger partial charge in [0.1, 0.15) is 0 Å². The van der Waals surface area contributed by atoms with Crippen molar-refractivity contribution in [2.45, 2.75) is 11.8 Å². The highest BCUT2D eigenvalue weighted by Gasteiger charge is 2.15. The predicted molar refractivity (Wildman–Crippen MR) is 67.7 cm³/mol. The molecular formula is C10H9ClN4O3S. The minimum atomic E-state index is -3.74. The van der Waals surface area contributed by atoms with Crippen molar-refractivity contribution >= 4 is 26.9 Å². The highest BCUT2D eigenvalue weighted by molar-refractivity contribution is 7.89. The van der Waals surface area contributed by atoms with Crippen LogP contribution in [-0.2, 0) is 10.0 Å². The number of hydrogen-bond donors (Lipinski definition) is 1. The lowest BCUT2D eigenvalue weighted by molar-refractivity contribution is 0.107. The van der Waals surface area contributed by atoms with Crippen molar-refractivity contribution in [1.82, 2.24) is 15.0 Å². The van der Waals surface area contributed by atoms with Crippen LogP contribution in [0.4, 0.5) is 0 Å². The Morgan fingerprint density at radius 1 is 1.32 bits per heavy atom. The monoisotopic (exact) mass is 300 g/mol. The summed E-state index contributed by atoms with van der Waals surface area (Å²) in [5.41, 5.74) is 1.06. The number of carbonyl (C=O) groups excluding carboxylic acids is 1. The average molecular weight is 301 g/mol. The van der Waals surface area contributed by atoms with Crippen LogP contribution in [0.3, 0.4) is 0 Å². The number of hydrogen-bond acceptors (Lipinski definition) is 5. The summed E-state index contributed by atoms with van der Waals surface area (Å²) in [6.45, 7) is 1.63. The molecule has 0 radical (unpaired) electrons. The van der Waals surface area contributed by atoms with Crippen molar-refractivity contribution in [2.24, 2.45) is 5.14 Å². The van der Waals surface area contributed by atoms with Gasteiger partial charge in [-0.15, -0.1) is 5.10 Å². The zero-order valence-electron chi connectivity index (χ0n) is 9.74. The first-order valence-corrected chi connectivity index (χ1v) is 6.98. The zero-order valence-corrected chi connectivity index (χ0v) is 11.3. The molecule has 0 bridgehead atoms. The lowest BCUT2D eigenvalue weighted by Gasteiger charge is -2.04. The number of benzene rings is 1. The minimum Gasteiger partial charge on any atom is -0.274 e. The number of aromatic nitrogens is 3. The van der Waals surface area contributed by atoms with Gasteiger partial charge in [0.15, 0.2) is 5.69 Å². The summed E-state index contributed by atoms with van der Waals surface area (Å²) in [5, 5.41) is 11.7. The van der Waals surface area contributed by atoms with Crippen molar-refractivity contribution in [3.05, 3.63) is 35.7 Å². The van der Waals surface area contributed by atoms with Crippen LogP contribution in [-0.4, -0.2) is 28.7 Å². The van der Waals surface area contributed by atoms with Crippen LogP contribution in [0, 0.1) is 6.92 Å². The van der Waals surface area contributed by atoms with Crippen molar-refractivity contribution in [1.29, 1.82) is 0 Å². The standard InChI is InChI=1S/C10H9ClN4O3S/c1-6-9(10(11)16)13-14-15(6)7-2-4-8(5-3-7)19(12,17)18/h2-5H,1H3,(H2,12,17,18). The third kappa shape index (κ3) is 2.65. The molecule has 7 nitrogen and oxygen atoms in total. The molecule has 1 heterocycles. The summed E-state index contributed by atoms with van der Waals surface area (Å²) >= 11 is 5.34. The molecule has 9 heteroatoms. The van der Waals surface area contributed by atoms with Gasteiger partial charge in [0, 0.05) is 0 Å². The fourth-order valence-corrected chi connectivity index (χ4v) is 2.22. The van der Waals surface area contributed by atoms with Gasteiger partial charge in [0.05, 0.1) is 16.3 Å². The van der Waals surface area contributed by atoms with Crippen LogP contribution in [0.5, 0.6) is 0 Å². The molecular weight excluding hydrogens is 292 g/mol. The van der Waals surface area contributed by atoms with Gasteiger partial charge in [-0.25, -0.2) is 18.2 Å². The van der Waals surface area contributed by atoms with E-state index >= 15 is 0 Å². The molecule has 0 amide bonds. The van der Waals surface area contributed by atoms with Gasteiger partial charge in [-0.1, -0.05) is 5.21 Å². The quantitative estimate of drug-likeness (QED) is 0.835. The molecule has 0 saturated heterocycles. The summed E-state index contributed by atoms with van der Waals surface area (Å²) in [4.78, 5) is 11.0. The van der Waals surface area contributed by atoms with E-state index < -0.39 is 15.3 Å². The largest absolute Gasteiger partial charge is 0.274 e. The van der Waals surface area contributed by atoms with Crippen LogP contribution >= 0.6 is 11.6 Å². The Labute approximate surface area is 114 Å². The van der Waals surface area contributed by atoms with E-state index in [1.165, 1.54) is 28.9 Å². The van der Waals surface area contributed by atoms with E-state index in [1.807, 2.05) is 0 Å². The Hall–Kier alpha value is -1.77. The van der Waals surface area contributed by atoms with Crippen molar-refractivity contribution in [3.63, 3.8) is 0 Å². The fourth-order valence-electron chi connectivity index (χ4n) is 1.53. The van der Waals surface area contributed by atoms with E-state index in [4.69, 9.17) is 16.7 Å². The number of rotatable bonds is 3. The molecule has 0 saturated carbocycles. The maximum atomic E-state index is 11.1. The number of sulfonamides is 1. The smallest absolute Gasteiger partial charge is 0.274 e. The Morgan fingerprint density at radius 2 is 1.89 bits per heavy atom. The Bertz CT molecular complexity index is 737. The molecule has 0 atom stereocenters. The lowest BCUT2D eigenvalue weighted by atomic mass is 10.3. The third-order valence-electron chi connectivity index (χ3n) is 2.49. The van der Waals surface area contributed by atoms with Crippen LogP contribution in [0.1, 0.15) is 16.2 Å². The van der Waals surface area contributed by atoms with E-state index in [0.717, 1.165) is 0 Å². The molecule has 0 spiro atoms. The average Bonchev–Trinajstić information content (AvgIpc) is 2.70. The Kier molecular flexibility index (Phi) is 3.40. The number of nitrogens with two attached hydrogens (primary N) is 1. The van der Waals surface area contributed by atoms with E-state index in [0.29, 0.717) is 11.4 Å². The van der Waals surface area contributed by atoms with Crippen LogP contribution < -0.4 is 5.14 Å². The van der Waals surface area contributed by atoms with Crippen LogP contribution in [0.25, 0.3) is 5.69 Å². The van der Waals surface area contributed by atoms with Gasteiger partial charge in [-0.05, 0) is 42.8 Å². The van der Waals surface area contributed by atoms with E-state index in [-0.39, 0.29) is 10.6 Å². The minimum absolute atomic E-state index is 0.0114. The molecule has 0 unspecified atom stereocenters. The number of carbonyl (C=O) groups is 1.